The lowest BCUT2D eigenvalue weighted by Gasteiger charge is -2.24. The standard InChI is InChI=1S/C46H46O3/c1-44(2,3)27-12-19-39(47)36(22-27)30-15-10-26-11-16-32-34(37-23-28(45(4,5)6)13-20-40(37)48)25-35(33-18-17-31(30)42(26)43(32)33)38-24-29(46(7,8)9)14-21-41(38)49/h10-25,47-49H,1-9H3. The molecule has 0 spiro atoms. The normalized spacial score (nSPS) is 12.8. The Labute approximate surface area is 289 Å². The summed E-state index contributed by atoms with van der Waals surface area (Å²) in [5.41, 5.74) is 8.19. The maximum absolute atomic E-state index is 11.5. The van der Waals surface area contributed by atoms with Crippen LogP contribution >= 0.6 is 0 Å². The molecule has 0 heterocycles. The smallest absolute Gasteiger partial charge is 0.123 e. The third-order valence-corrected chi connectivity index (χ3v) is 10.2. The van der Waals surface area contributed by atoms with Gasteiger partial charge in [-0.3, -0.25) is 0 Å². The summed E-state index contributed by atoms with van der Waals surface area (Å²) in [6.45, 7) is 19.6. The zero-order valence-electron chi connectivity index (χ0n) is 30.1. The van der Waals surface area contributed by atoms with Crippen LogP contribution in [0.15, 0.2) is 97.1 Å². The minimum absolute atomic E-state index is 0.0801. The van der Waals surface area contributed by atoms with Crippen molar-refractivity contribution in [1.29, 1.82) is 0 Å². The van der Waals surface area contributed by atoms with Crippen LogP contribution in [0, 0.1) is 0 Å². The Hall–Kier alpha value is -5.02. The molecular formula is C46H46O3. The largest absolute Gasteiger partial charge is 0.507 e. The molecule has 0 saturated heterocycles. The molecule has 0 radical (unpaired) electrons. The Bertz CT molecular complexity index is 2330. The number of rotatable bonds is 3. The Morgan fingerprint density at radius 2 is 0.673 bits per heavy atom. The first-order valence-corrected chi connectivity index (χ1v) is 17.2. The predicted octanol–water partition coefficient (Wildman–Crippen LogP) is 12.6. The van der Waals surface area contributed by atoms with Crippen molar-refractivity contribution in [3.63, 3.8) is 0 Å². The van der Waals surface area contributed by atoms with E-state index in [-0.39, 0.29) is 33.5 Å². The van der Waals surface area contributed by atoms with Crippen LogP contribution in [0.5, 0.6) is 17.2 Å². The fourth-order valence-corrected chi connectivity index (χ4v) is 7.23. The summed E-state index contributed by atoms with van der Waals surface area (Å²) >= 11 is 0. The van der Waals surface area contributed by atoms with Gasteiger partial charge in [-0.1, -0.05) is 117 Å². The summed E-state index contributed by atoms with van der Waals surface area (Å²) in [4.78, 5) is 0. The number of hydrogen-bond donors (Lipinski definition) is 3. The second-order valence-electron chi connectivity index (χ2n) is 16.8. The lowest BCUT2D eigenvalue weighted by Crippen LogP contribution is -2.11. The van der Waals surface area contributed by atoms with Gasteiger partial charge in [0.25, 0.3) is 0 Å². The highest BCUT2D eigenvalue weighted by atomic mass is 16.3. The van der Waals surface area contributed by atoms with E-state index in [9.17, 15) is 15.3 Å². The third-order valence-electron chi connectivity index (χ3n) is 10.2. The minimum Gasteiger partial charge on any atom is -0.507 e. The molecule has 0 aliphatic heterocycles. The monoisotopic (exact) mass is 646 g/mol. The molecule has 0 aromatic heterocycles. The quantitative estimate of drug-likeness (QED) is 0.167. The molecule has 0 fully saturated rings. The predicted molar refractivity (Wildman–Crippen MR) is 208 cm³/mol. The van der Waals surface area contributed by atoms with Crippen molar-refractivity contribution in [3.05, 3.63) is 114 Å². The van der Waals surface area contributed by atoms with E-state index in [0.717, 1.165) is 82.4 Å². The zero-order valence-corrected chi connectivity index (χ0v) is 30.1. The van der Waals surface area contributed by atoms with Crippen LogP contribution in [-0.2, 0) is 16.2 Å². The van der Waals surface area contributed by atoms with Crippen LogP contribution in [0.1, 0.15) is 79.0 Å². The van der Waals surface area contributed by atoms with Crippen LogP contribution in [0.4, 0.5) is 0 Å². The van der Waals surface area contributed by atoms with Gasteiger partial charge >= 0.3 is 0 Å². The number of phenolic OH excluding ortho intramolecular Hbond substituents is 3. The van der Waals surface area contributed by atoms with E-state index in [1.54, 1.807) is 18.2 Å². The van der Waals surface area contributed by atoms with Crippen molar-refractivity contribution in [3.8, 4) is 50.6 Å². The van der Waals surface area contributed by atoms with Gasteiger partial charge in [-0.2, -0.15) is 0 Å². The maximum Gasteiger partial charge on any atom is 0.123 e. The highest BCUT2D eigenvalue weighted by Crippen LogP contribution is 2.50. The van der Waals surface area contributed by atoms with E-state index >= 15 is 0 Å². The van der Waals surface area contributed by atoms with E-state index in [2.05, 4.69) is 123 Å². The zero-order chi connectivity index (χ0) is 35.2. The molecular weight excluding hydrogens is 601 g/mol. The maximum atomic E-state index is 11.5. The van der Waals surface area contributed by atoms with Gasteiger partial charge in [-0.05, 0) is 124 Å². The lowest BCUT2D eigenvalue weighted by atomic mass is 9.80. The Kier molecular flexibility index (Phi) is 7.30. The molecule has 0 amide bonds. The number of aromatic hydroxyl groups is 3. The molecule has 0 bridgehead atoms. The topological polar surface area (TPSA) is 60.7 Å². The van der Waals surface area contributed by atoms with Gasteiger partial charge < -0.3 is 15.3 Å². The molecule has 0 saturated carbocycles. The molecule has 3 nitrogen and oxygen atoms in total. The molecule has 0 aliphatic rings. The molecule has 0 unspecified atom stereocenters. The Morgan fingerprint density at radius 3 is 1.08 bits per heavy atom. The molecule has 7 aromatic carbocycles. The molecule has 0 aliphatic carbocycles. The van der Waals surface area contributed by atoms with Crippen LogP contribution in [0.3, 0.4) is 0 Å². The highest BCUT2D eigenvalue weighted by Gasteiger charge is 2.25. The number of hydrogen-bond acceptors (Lipinski definition) is 3. The fraction of sp³-hybridized carbons (Fsp3) is 0.261. The van der Waals surface area contributed by atoms with Crippen LogP contribution in [0.2, 0.25) is 0 Å². The van der Waals surface area contributed by atoms with Gasteiger partial charge in [0.2, 0.25) is 0 Å². The van der Waals surface area contributed by atoms with Gasteiger partial charge in [0, 0.05) is 16.7 Å². The van der Waals surface area contributed by atoms with Crippen molar-refractivity contribution in [1.82, 2.24) is 0 Å². The van der Waals surface area contributed by atoms with Gasteiger partial charge in [-0.25, -0.2) is 0 Å². The molecule has 0 atom stereocenters. The minimum atomic E-state index is -0.118. The van der Waals surface area contributed by atoms with Crippen molar-refractivity contribution >= 4 is 32.3 Å². The van der Waals surface area contributed by atoms with Crippen LogP contribution < -0.4 is 0 Å². The van der Waals surface area contributed by atoms with Crippen LogP contribution in [0.25, 0.3) is 65.7 Å². The van der Waals surface area contributed by atoms with Crippen molar-refractivity contribution in [2.45, 2.75) is 78.6 Å². The first kappa shape index (κ1) is 32.5. The Morgan fingerprint density at radius 1 is 0.327 bits per heavy atom. The molecule has 7 aromatic rings. The van der Waals surface area contributed by atoms with Crippen molar-refractivity contribution in [2.75, 3.05) is 0 Å². The third kappa shape index (κ3) is 5.46. The van der Waals surface area contributed by atoms with Crippen molar-refractivity contribution in [2.24, 2.45) is 0 Å². The molecule has 49 heavy (non-hydrogen) atoms. The fourth-order valence-electron chi connectivity index (χ4n) is 7.23. The Balaban J connectivity index is 1.64. The number of phenols is 3. The SMILES string of the molecule is CC(C)(C)c1ccc(O)c(-c2ccc3ccc4c(-c5cc(C(C)(C)C)ccc5O)cc(-c5cc(C(C)(C)C)ccc5O)c5ccc2c3c45)c1. The van der Waals surface area contributed by atoms with Gasteiger partial charge in [0.05, 0.1) is 0 Å². The summed E-state index contributed by atoms with van der Waals surface area (Å²) in [5, 5.41) is 40.5. The average Bonchev–Trinajstić information content (AvgIpc) is 3.02. The highest BCUT2D eigenvalue weighted by molar-refractivity contribution is 6.30. The molecule has 3 N–H and O–H groups in total. The van der Waals surface area contributed by atoms with E-state index in [1.807, 2.05) is 18.2 Å². The van der Waals surface area contributed by atoms with Gasteiger partial charge in [0.15, 0.2) is 0 Å². The second kappa shape index (κ2) is 11.0. The number of benzene rings is 7. The van der Waals surface area contributed by atoms with Crippen molar-refractivity contribution < 1.29 is 15.3 Å². The summed E-state index contributed by atoms with van der Waals surface area (Å²) in [7, 11) is 0. The molecule has 3 heteroatoms. The van der Waals surface area contributed by atoms with E-state index < -0.39 is 0 Å². The van der Waals surface area contributed by atoms with Gasteiger partial charge in [0.1, 0.15) is 17.2 Å². The first-order chi connectivity index (χ1) is 22.9. The summed E-state index contributed by atoms with van der Waals surface area (Å²) in [6.07, 6.45) is 0. The molecule has 7 rings (SSSR count). The van der Waals surface area contributed by atoms with E-state index in [0.29, 0.717) is 0 Å². The van der Waals surface area contributed by atoms with Gasteiger partial charge in [-0.15, -0.1) is 0 Å². The first-order valence-electron chi connectivity index (χ1n) is 17.2. The molecule has 248 valence electrons. The lowest BCUT2D eigenvalue weighted by molar-refractivity contribution is 0.475. The van der Waals surface area contributed by atoms with E-state index in [1.165, 1.54) is 0 Å². The average molecular weight is 647 g/mol. The summed E-state index contributed by atoms with van der Waals surface area (Å²) in [6, 6.07) is 32.8. The summed E-state index contributed by atoms with van der Waals surface area (Å²) in [5.74, 6) is 0.676. The second-order valence-corrected chi connectivity index (χ2v) is 16.8. The summed E-state index contributed by atoms with van der Waals surface area (Å²) < 4.78 is 0. The van der Waals surface area contributed by atoms with E-state index in [4.69, 9.17) is 0 Å². The van der Waals surface area contributed by atoms with Crippen LogP contribution in [-0.4, -0.2) is 15.3 Å².